The van der Waals surface area contributed by atoms with Gasteiger partial charge in [-0.05, 0) is 29.2 Å². The molecule has 0 fully saturated rings. The van der Waals surface area contributed by atoms with Crippen LogP contribution in [0.3, 0.4) is 0 Å². The fourth-order valence-electron chi connectivity index (χ4n) is 3.81. The van der Waals surface area contributed by atoms with Gasteiger partial charge in [-0.1, -0.05) is 48.5 Å². The third-order valence-electron chi connectivity index (χ3n) is 5.38. The maximum Gasteiger partial charge on any atom is 0.407 e. The highest BCUT2D eigenvalue weighted by Crippen LogP contribution is 2.44. The lowest BCUT2D eigenvalue weighted by Gasteiger charge is -2.20. The first kappa shape index (κ1) is 23.8. The number of alkyl carbamates (subject to hydrolysis) is 1. The second-order valence-corrected chi connectivity index (χ2v) is 7.51. The molecule has 0 spiro atoms. The van der Waals surface area contributed by atoms with Crippen LogP contribution in [0, 0.1) is 11.8 Å². The van der Waals surface area contributed by atoms with E-state index in [2.05, 4.69) is 22.5 Å². The second-order valence-electron chi connectivity index (χ2n) is 7.51. The lowest BCUT2D eigenvalue weighted by molar-refractivity contribution is -0.143. The molecule has 172 valence electrons. The molecule has 2 unspecified atom stereocenters. The summed E-state index contributed by atoms with van der Waals surface area (Å²) in [5.41, 5.74) is 4.36. The number of carboxylic acid groups (broad SMARTS) is 1. The number of amides is 2. The van der Waals surface area contributed by atoms with E-state index in [1.807, 2.05) is 48.5 Å². The fraction of sp³-hybridized carbons (Fsp3) is 0.320. The van der Waals surface area contributed by atoms with Crippen LogP contribution >= 0.6 is 0 Å². The van der Waals surface area contributed by atoms with Crippen LogP contribution in [0.15, 0.2) is 48.5 Å². The zero-order chi connectivity index (χ0) is 23.8. The molecule has 3 rings (SSSR count). The molecular formula is C25H26N2O6. The van der Waals surface area contributed by atoms with Crippen LogP contribution in [0.25, 0.3) is 11.1 Å². The van der Waals surface area contributed by atoms with Crippen molar-refractivity contribution in [2.75, 3.05) is 20.3 Å². The summed E-state index contributed by atoms with van der Waals surface area (Å²) in [7, 11) is 1.33. The molecule has 0 bridgehead atoms. The molecule has 3 N–H and O–H groups in total. The van der Waals surface area contributed by atoms with Gasteiger partial charge in [0.2, 0.25) is 5.91 Å². The molecule has 8 heteroatoms. The molecule has 0 radical (unpaired) electrons. The molecule has 2 amide bonds. The molecule has 0 heterocycles. The summed E-state index contributed by atoms with van der Waals surface area (Å²) >= 11 is 0. The summed E-state index contributed by atoms with van der Waals surface area (Å²) in [5.74, 6) is 3.35. The van der Waals surface area contributed by atoms with Crippen molar-refractivity contribution in [1.82, 2.24) is 10.6 Å². The largest absolute Gasteiger partial charge is 0.480 e. The minimum Gasteiger partial charge on any atom is -0.480 e. The second kappa shape index (κ2) is 11.2. The van der Waals surface area contributed by atoms with E-state index in [0.717, 1.165) is 22.3 Å². The fourth-order valence-corrected chi connectivity index (χ4v) is 3.81. The molecule has 0 aliphatic heterocycles. The highest BCUT2D eigenvalue weighted by atomic mass is 16.5. The summed E-state index contributed by atoms with van der Waals surface area (Å²) in [5, 5.41) is 14.1. The number of hydrogen-bond acceptors (Lipinski definition) is 5. The summed E-state index contributed by atoms with van der Waals surface area (Å²) in [6.45, 7) is 1.49. The van der Waals surface area contributed by atoms with E-state index >= 15 is 0 Å². The number of carboxylic acids is 1. The van der Waals surface area contributed by atoms with Gasteiger partial charge in [-0.25, -0.2) is 9.59 Å². The maximum absolute atomic E-state index is 12.6. The Hall–Kier alpha value is -3.83. The predicted octanol–water partition coefficient (Wildman–Crippen LogP) is 2.52. The predicted molar refractivity (Wildman–Crippen MR) is 122 cm³/mol. The number of fused-ring (bicyclic) bond motifs is 3. The molecule has 8 nitrogen and oxygen atoms in total. The minimum absolute atomic E-state index is 0.00580. The molecule has 2 aromatic rings. The van der Waals surface area contributed by atoms with E-state index in [4.69, 9.17) is 9.47 Å². The van der Waals surface area contributed by atoms with Crippen LogP contribution in [0.4, 0.5) is 4.79 Å². The normalized spacial score (nSPS) is 13.5. The highest BCUT2D eigenvalue weighted by Gasteiger charge is 2.30. The van der Waals surface area contributed by atoms with Crippen LogP contribution in [0.1, 0.15) is 30.4 Å². The first-order chi connectivity index (χ1) is 16.0. The molecule has 1 aliphatic carbocycles. The topological polar surface area (TPSA) is 114 Å². The van der Waals surface area contributed by atoms with Gasteiger partial charge in [-0.2, -0.15) is 0 Å². The van der Waals surface area contributed by atoms with Crippen LogP contribution in [-0.4, -0.2) is 55.5 Å². The van der Waals surface area contributed by atoms with E-state index in [1.54, 1.807) is 6.92 Å². The van der Waals surface area contributed by atoms with Crippen molar-refractivity contribution in [2.45, 2.75) is 31.3 Å². The zero-order valence-corrected chi connectivity index (χ0v) is 18.5. The molecule has 1 aliphatic rings. The summed E-state index contributed by atoms with van der Waals surface area (Å²) < 4.78 is 10.3. The molecule has 2 aromatic carbocycles. The number of nitrogens with one attached hydrogen (secondary N) is 2. The number of methoxy groups -OCH3 is 1. The number of carbonyl (C=O) groups excluding carboxylic acids is 2. The summed E-state index contributed by atoms with van der Waals surface area (Å²) in [6, 6.07) is 13.6. The van der Waals surface area contributed by atoms with Crippen molar-refractivity contribution in [3.8, 4) is 23.0 Å². The number of hydrogen-bond donors (Lipinski definition) is 3. The van der Waals surface area contributed by atoms with Gasteiger partial charge in [0.05, 0.1) is 6.61 Å². The van der Waals surface area contributed by atoms with E-state index in [0.29, 0.717) is 0 Å². The van der Waals surface area contributed by atoms with E-state index in [9.17, 15) is 19.5 Å². The van der Waals surface area contributed by atoms with Crippen molar-refractivity contribution in [2.24, 2.45) is 0 Å². The number of aliphatic carboxylic acids is 1. The highest BCUT2D eigenvalue weighted by molar-refractivity contribution is 5.89. The molecule has 0 aromatic heterocycles. The van der Waals surface area contributed by atoms with Gasteiger partial charge in [0.1, 0.15) is 12.6 Å². The van der Waals surface area contributed by atoms with Gasteiger partial charge in [-0.15, -0.1) is 11.8 Å². The molecular weight excluding hydrogens is 424 g/mol. The van der Waals surface area contributed by atoms with Crippen LogP contribution < -0.4 is 10.6 Å². The average Bonchev–Trinajstić information content (AvgIpc) is 3.13. The molecule has 0 saturated carbocycles. The number of benzene rings is 2. The Bertz CT molecular complexity index is 1040. The Morgan fingerprint density at radius 3 is 2.15 bits per heavy atom. The molecule has 2 atom stereocenters. The van der Waals surface area contributed by atoms with Crippen molar-refractivity contribution in [3.63, 3.8) is 0 Å². The van der Waals surface area contributed by atoms with Crippen LogP contribution in [0.2, 0.25) is 0 Å². The molecule has 0 saturated heterocycles. The lowest BCUT2D eigenvalue weighted by Crippen LogP contribution is -2.52. The van der Waals surface area contributed by atoms with E-state index in [-0.39, 0.29) is 25.6 Å². The standard InChI is InChI=1S/C25H26N2O6/c1-3-4-13-21(23(28)26-22(15-32-2)24(29)30)27-25(31)33-14-20-18-11-7-5-9-16(18)17-10-6-8-12-19(17)20/h5-12,20-22H,13-15H2,1-2H3,(H,26,28)(H,27,31)(H,29,30). The van der Waals surface area contributed by atoms with Crippen LogP contribution in [-0.2, 0) is 19.1 Å². The zero-order valence-electron chi connectivity index (χ0n) is 18.5. The average molecular weight is 450 g/mol. The van der Waals surface area contributed by atoms with Gasteiger partial charge < -0.3 is 25.2 Å². The first-order valence-electron chi connectivity index (χ1n) is 10.5. The first-order valence-corrected chi connectivity index (χ1v) is 10.5. The SMILES string of the molecule is CC#CCC(NC(=O)OCC1c2ccccc2-c2ccccc21)C(=O)NC(COC)C(=O)O. The van der Waals surface area contributed by atoms with Crippen molar-refractivity contribution in [1.29, 1.82) is 0 Å². The van der Waals surface area contributed by atoms with E-state index < -0.39 is 30.1 Å². The maximum atomic E-state index is 12.6. The Balaban J connectivity index is 1.66. The van der Waals surface area contributed by atoms with Gasteiger partial charge in [0, 0.05) is 19.4 Å². The lowest BCUT2D eigenvalue weighted by atomic mass is 9.98. The Morgan fingerprint density at radius 1 is 1.00 bits per heavy atom. The quantitative estimate of drug-likeness (QED) is 0.506. The smallest absolute Gasteiger partial charge is 0.407 e. The Kier molecular flexibility index (Phi) is 8.06. The summed E-state index contributed by atoms with van der Waals surface area (Å²) in [4.78, 5) is 36.4. The number of rotatable bonds is 9. The summed E-state index contributed by atoms with van der Waals surface area (Å²) in [6.07, 6.45) is -0.778. The van der Waals surface area contributed by atoms with Gasteiger partial charge >= 0.3 is 12.1 Å². The van der Waals surface area contributed by atoms with Gasteiger partial charge in [0.15, 0.2) is 6.04 Å². The third-order valence-corrected chi connectivity index (χ3v) is 5.38. The third kappa shape index (κ3) is 5.70. The molecule has 33 heavy (non-hydrogen) atoms. The van der Waals surface area contributed by atoms with Crippen LogP contribution in [0.5, 0.6) is 0 Å². The Morgan fingerprint density at radius 2 is 1.61 bits per heavy atom. The monoisotopic (exact) mass is 450 g/mol. The van der Waals surface area contributed by atoms with Gasteiger partial charge in [0.25, 0.3) is 0 Å². The minimum atomic E-state index is -1.25. The number of carbonyl (C=O) groups is 3. The number of ether oxygens (including phenoxy) is 2. The van der Waals surface area contributed by atoms with Gasteiger partial charge in [-0.3, -0.25) is 4.79 Å². The Labute approximate surface area is 192 Å². The van der Waals surface area contributed by atoms with Crippen molar-refractivity contribution in [3.05, 3.63) is 59.7 Å². The van der Waals surface area contributed by atoms with Crippen molar-refractivity contribution >= 4 is 18.0 Å². The van der Waals surface area contributed by atoms with E-state index in [1.165, 1.54) is 7.11 Å². The van der Waals surface area contributed by atoms with Crippen molar-refractivity contribution < 1.29 is 29.0 Å².